The number of hydrogen-bond acceptors (Lipinski definition) is 1. The van der Waals surface area contributed by atoms with Gasteiger partial charge in [0.25, 0.3) is 0 Å². The molecule has 0 unspecified atom stereocenters. The van der Waals surface area contributed by atoms with Crippen LogP contribution in [0.2, 0.25) is 5.02 Å². The third-order valence-electron chi connectivity index (χ3n) is 2.21. The molecule has 0 saturated heterocycles. The van der Waals surface area contributed by atoms with Crippen LogP contribution >= 0.6 is 39.1 Å². The van der Waals surface area contributed by atoms with E-state index in [1.807, 2.05) is 6.07 Å². The van der Waals surface area contributed by atoms with Gasteiger partial charge in [0, 0.05) is 16.4 Å². The van der Waals surface area contributed by atoms with E-state index in [0.29, 0.717) is 26.9 Å². The topological polar surface area (TPSA) is 9.23 Å². The van der Waals surface area contributed by atoms with Crippen LogP contribution in [0.4, 0.5) is 4.39 Å². The van der Waals surface area contributed by atoms with Gasteiger partial charge in [0.15, 0.2) is 0 Å². The smallest absolute Gasteiger partial charge is 0.146 e. The average Bonchev–Trinajstić information content (AvgIpc) is 2.30. The minimum Gasteiger partial charge on any atom is -0.456 e. The number of rotatable bonds is 3. The Labute approximate surface area is 123 Å². The summed E-state index contributed by atoms with van der Waals surface area (Å²) in [7, 11) is 0. The molecule has 0 heterocycles. The summed E-state index contributed by atoms with van der Waals surface area (Å²) in [5, 5.41) is 0.438. The van der Waals surface area contributed by atoms with E-state index in [-0.39, 0.29) is 5.82 Å². The van der Waals surface area contributed by atoms with Crippen LogP contribution in [-0.2, 0) is 5.88 Å². The van der Waals surface area contributed by atoms with Crippen molar-refractivity contribution in [1.82, 2.24) is 0 Å². The summed E-state index contributed by atoms with van der Waals surface area (Å²) in [6, 6.07) is 9.54. The summed E-state index contributed by atoms with van der Waals surface area (Å²) in [5.41, 5.74) is 0.898. The Morgan fingerprint density at radius 3 is 2.56 bits per heavy atom. The van der Waals surface area contributed by atoms with E-state index in [4.69, 9.17) is 27.9 Å². The molecule has 0 aromatic heterocycles. The quantitative estimate of drug-likeness (QED) is 0.639. The van der Waals surface area contributed by atoms with Crippen LogP contribution in [-0.4, -0.2) is 0 Å². The molecule has 2 rings (SSSR count). The van der Waals surface area contributed by atoms with E-state index in [1.165, 1.54) is 12.1 Å². The molecule has 18 heavy (non-hydrogen) atoms. The van der Waals surface area contributed by atoms with Crippen LogP contribution in [0.1, 0.15) is 5.56 Å². The Bertz CT molecular complexity index is 555. The highest BCUT2D eigenvalue weighted by Gasteiger charge is 2.06. The maximum Gasteiger partial charge on any atom is 0.146 e. The highest BCUT2D eigenvalue weighted by molar-refractivity contribution is 9.10. The zero-order valence-electron chi connectivity index (χ0n) is 9.09. The van der Waals surface area contributed by atoms with Gasteiger partial charge in [0.1, 0.15) is 17.3 Å². The highest BCUT2D eigenvalue weighted by atomic mass is 79.9. The van der Waals surface area contributed by atoms with Crippen LogP contribution in [0.3, 0.4) is 0 Å². The normalized spacial score (nSPS) is 10.4. The predicted molar refractivity (Wildman–Crippen MR) is 75.2 cm³/mol. The lowest BCUT2D eigenvalue weighted by Gasteiger charge is -2.09. The second kappa shape index (κ2) is 5.91. The molecule has 0 aliphatic heterocycles. The molecule has 0 N–H and O–H groups in total. The SMILES string of the molecule is Fc1cc(Br)cc(Oc2ccc(CCl)cc2Cl)c1. The summed E-state index contributed by atoms with van der Waals surface area (Å²) in [6.07, 6.45) is 0. The molecule has 0 aliphatic rings. The van der Waals surface area contributed by atoms with E-state index in [0.717, 1.165) is 5.56 Å². The molecule has 0 amide bonds. The van der Waals surface area contributed by atoms with Crippen molar-refractivity contribution in [2.24, 2.45) is 0 Å². The fourth-order valence-corrected chi connectivity index (χ4v) is 2.28. The van der Waals surface area contributed by atoms with Crippen molar-refractivity contribution in [1.29, 1.82) is 0 Å². The van der Waals surface area contributed by atoms with Crippen LogP contribution in [0.15, 0.2) is 40.9 Å². The van der Waals surface area contributed by atoms with Gasteiger partial charge < -0.3 is 4.74 Å². The Morgan fingerprint density at radius 2 is 1.94 bits per heavy atom. The fourth-order valence-electron chi connectivity index (χ4n) is 1.42. The molecule has 0 bridgehead atoms. The van der Waals surface area contributed by atoms with Gasteiger partial charge in [-0.05, 0) is 29.8 Å². The standard InChI is InChI=1S/C13H8BrCl2FO/c14-9-4-10(17)6-11(5-9)18-13-2-1-8(7-15)3-12(13)16/h1-6H,7H2. The van der Waals surface area contributed by atoms with E-state index in [9.17, 15) is 4.39 Å². The molecule has 5 heteroatoms. The molecule has 2 aromatic rings. The fraction of sp³-hybridized carbons (Fsp3) is 0.0769. The summed E-state index contributed by atoms with van der Waals surface area (Å²) in [6.45, 7) is 0. The maximum absolute atomic E-state index is 13.2. The Balaban J connectivity index is 2.28. The minimum atomic E-state index is -0.382. The van der Waals surface area contributed by atoms with Gasteiger partial charge in [0.2, 0.25) is 0 Å². The average molecular weight is 350 g/mol. The molecule has 1 nitrogen and oxygen atoms in total. The second-order valence-corrected chi connectivity index (χ2v) is 5.20. The van der Waals surface area contributed by atoms with Crippen LogP contribution in [0.25, 0.3) is 0 Å². The van der Waals surface area contributed by atoms with Gasteiger partial charge in [0.05, 0.1) is 5.02 Å². The largest absolute Gasteiger partial charge is 0.456 e. The third kappa shape index (κ3) is 3.37. The van der Waals surface area contributed by atoms with Gasteiger partial charge in [-0.15, -0.1) is 11.6 Å². The maximum atomic E-state index is 13.2. The lowest BCUT2D eigenvalue weighted by molar-refractivity contribution is 0.476. The monoisotopic (exact) mass is 348 g/mol. The zero-order valence-corrected chi connectivity index (χ0v) is 12.2. The van der Waals surface area contributed by atoms with E-state index in [2.05, 4.69) is 15.9 Å². The summed E-state index contributed by atoms with van der Waals surface area (Å²) < 4.78 is 19.3. The molecule has 94 valence electrons. The Kier molecular flexibility index (Phi) is 4.49. The first-order chi connectivity index (χ1) is 8.58. The first-order valence-corrected chi connectivity index (χ1v) is 6.77. The number of alkyl halides is 1. The number of hydrogen-bond donors (Lipinski definition) is 0. The third-order valence-corrected chi connectivity index (χ3v) is 3.28. The lowest BCUT2D eigenvalue weighted by Crippen LogP contribution is -1.88. The molecule has 0 spiro atoms. The molecular formula is C13H8BrCl2FO. The van der Waals surface area contributed by atoms with Crippen molar-refractivity contribution in [3.63, 3.8) is 0 Å². The first-order valence-electron chi connectivity index (χ1n) is 5.07. The molecule has 0 saturated carbocycles. The molecule has 0 atom stereocenters. The van der Waals surface area contributed by atoms with Crippen LogP contribution in [0.5, 0.6) is 11.5 Å². The van der Waals surface area contributed by atoms with E-state index >= 15 is 0 Å². The van der Waals surface area contributed by atoms with Crippen molar-refractivity contribution >= 4 is 39.1 Å². The van der Waals surface area contributed by atoms with E-state index in [1.54, 1.807) is 18.2 Å². The molecular weight excluding hydrogens is 342 g/mol. The van der Waals surface area contributed by atoms with E-state index < -0.39 is 0 Å². The second-order valence-electron chi connectivity index (χ2n) is 3.61. The van der Waals surface area contributed by atoms with Crippen LogP contribution in [0, 0.1) is 5.82 Å². The summed E-state index contributed by atoms with van der Waals surface area (Å²) >= 11 is 14.9. The molecule has 0 aliphatic carbocycles. The number of halogens is 4. The number of ether oxygens (including phenoxy) is 1. The van der Waals surface area contributed by atoms with Crippen molar-refractivity contribution < 1.29 is 9.13 Å². The molecule has 0 fully saturated rings. The van der Waals surface area contributed by atoms with Crippen molar-refractivity contribution in [2.75, 3.05) is 0 Å². The molecule has 2 aromatic carbocycles. The van der Waals surface area contributed by atoms with Gasteiger partial charge in [-0.1, -0.05) is 33.6 Å². The van der Waals surface area contributed by atoms with Gasteiger partial charge in [-0.2, -0.15) is 0 Å². The highest BCUT2D eigenvalue weighted by Crippen LogP contribution is 2.32. The van der Waals surface area contributed by atoms with Gasteiger partial charge in [-0.3, -0.25) is 0 Å². The minimum absolute atomic E-state index is 0.377. The molecule has 0 radical (unpaired) electrons. The lowest BCUT2D eigenvalue weighted by atomic mass is 10.2. The summed E-state index contributed by atoms with van der Waals surface area (Å²) in [5.74, 6) is 0.837. The van der Waals surface area contributed by atoms with Crippen molar-refractivity contribution in [3.8, 4) is 11.5 Å². The predicted octanol–water partition coefficient (Wildman–Crippen LogP) is 5.77. The van der Waals surface area contributed by atoms with Gasteiger partial charge >= 0.3 is 0 Å². The van der Waals surface area contributed by atoms with Gasteiger partial charge in [-0.25, -0.2) is 4.39 Å². The summed E-state index contributed by atoms with van der Waals surface area (Å²) in [4.78, 5) is 0. The van der Waals surface area contributed by atoms with Crippen molar-refractivity contribution in [3.05, 3.63) is 57.3 Å². The van der Waals surface area contributed by atoms with Crippen molar-refractivity contribution in [2.45, 2.75) is 5.88 Å². The number of benzene rings is 2. The first kappa shape index (κ1) is 13.7. The zero-order chi connectivity index (χ0) is 13.1. The van der Waals surface area contributed by atoms with Crippen LogP contribution < -0.4 is 4.74 Å². The Hall–Kier alpha value is -0.770. The Morgan fingerprint density at radius 1 is 1.17 bits per heavy atom.